The fourth-order valence-corrected chi connectivity index (χ4v) is 3.24. The molecule has 0 aliphatic heterocycles. The van der Waals surface area contributed by atoms with Gasteiger partial charge in [-0.25, -0.2) is 4.39 Å². The molecule has 2 rings (SSSR count). The average Bonchev–Trinajstić information content (AvgIpc) is 2.34. The van der Waals surface area contributed by atoms with Crippen LogP contribution in [0.4, 0.5) is 4.39 Å². The van der Waals surface area contributed by atoms with Gasteiger partial charge in [-0.1, -0.05) is 17.8 Å². The highest BCUT2D eigenvalue weighted by molar-refractivity contribution is 9.10. The van der Waals surface area contributed by atoms with Gasteiger partial charge in [-0.15, -0.1) is 0 Å². The van der Waals surface area contributed by atoms with Crippen molar-refractivity contribution in [2.45, 2.75) is 29.2 Å². The molecule has 0 fully saturated rings. The normalized spacial score (nSPS) is 12.4. The number of halogens is 2. The van der Waals surface area contributed by atoms with Crippen LogP contribution in [0.3, 0.4) is 0 Å². The van der Waals surface area contributed by atoms with Gasteiger partial charge in [0, 0.05) is 20.3 Å². The lowest BCUT2D eigenvalue weighted by molar-refractivity contribution is 0.626. The van der Waals surface area contributed by atoms with Crippen LogP contribution in [-0.4, -0.2) is 6.04 Å². The molecule has 2 aromatic carbocycles. The van der Waals surface area contributed by atoms with Crippen LogP contribution < -0.4 is 5.73 Å². The number of hydrogen-bond acceptors (Lipinski definition) is 2. The number of hydrogen-bond donors (Lipinski definition) is 1. The molecule has 0 aliphatic carbocycles. The Kier molecular flexibility index (Phi) is 5.02. The Hall–Kier alpha value is -0.840. The second-order valence-corrected chi connectivity index (χ2v) is 6.47. The molecule has 1 atom stereocenters. The van der Waals surface area contributed by atoms with Crippen LogP contribution in [-0.2, 0) is 6.42 Å². The largest absolute Gasteiger partial charge is 0.328 e. The van der Waals surface area contributed by atoms with Gasteiger partial charge in [0.05, 0.1) is 0 Å². The van der Waals surface area contributed by atoms with Crippen LogP contribution in [0.15, 0.2) is 56.7 Å². The standard InChI is InChI=1S/C15H15BrFNS/c1-10(18)8-11-2-7-15(14(16)9-11)19-13-5-3-12(17)4-6-13/h2-7,9-10H,8,18H2,1H3. The number of nitrogens with two attached hydrogens (primary N) is 1. The third-order valence-electron chi connectivity index (χ3n) is 2.60. The zero-order valence-electron chi connectivity index (χ0n) is 10.6. The quantitative estimate of drug-likeness (QED) is 0.878. The third kappa shape index (κ3) is 4.34. The zero-order chi connectivity index (χ0) is 13.8. The highest BCUT2D eigenvalue weighted by Gasteiger charge is 2.05. The lowest BCUT2D eigenvalue weighted by atomic mass is 10.1. The Balaban J connectivity index is 2.15. The molecular weight excluding hydrogens is 325 g/mol. The van der Waals surface area contributed by atoms with Crippen molar-refractivity contribution in [2.24, 2.45) is 5.73 Å². The first kappa shape index (κ1) is 14.6. The van der Waals surface area contributed by atoms with Crippen LogP contribution in [0.2, 0.25) is 0 Å². The molecule has 0 radical (unpaired) electrons. The molecule has 0 heterocycles. The number of rotatable bonds is 4. The summed E-state index contributed by atoms with van der Waals surface area (Å²) >= 11 is 5.18. The van der Waals surface area contributed by atoms with Crippen LogP contribution in [0.1, 0.15) is 12.5 Å². The van der Waals surface area contributed by atoms with Crippen molar-refractivity contribution in [2.75, 3.05) is 0 Å². The van der Waals surface area contributed by atoms with Gasteiger partial charge in [0.2, 0.25) is 0 Å². The smallest absolute Gasteiger partial charge is 0.123 e. The minimum atomic E-state index is -0.212. The van der Waals surface area contributed by atoms with Gasteiger partial charge in [0.25, 0.3) is 0 Å². The van der Waals surface area contributed by atoms with E-state index >= 15 is 0 Å². The van der Waals surface area contributed by atoms with Crippen molar-refractivity contribution < 1.29 is 4.39 Å². The molecule has 0 bridgehead atoms. The Morgan fingerprint density at radius 1 is 1.21 bits per heavy atom. The molecule has 2 N–H and O–H groups in total. The summed E-state index contributed by atoms with van der Waals surface area (Å²) in [5.74, 6) is -0.212. The second-order valence-electron chi connectivity index (χ2n) is 4.50. The van der Waals surface area contributed by atoms with E-state index < -0.39 is 0 Å². The predicted molar refractivity (Wildman–Crippen MR) is 82.0 cm³/mol. The van der Waals surface area contributed by atoms with Crippen molar-refractivity contribution in [1.82, 2.24) is 0 Å². The maximum Gasteiger partial charge on any atom is 0.123 e. The third-order valence-corrected chi connectivity index (χ3v) is 4.60. The molecule has 1 nitrogen and oxygen atoms in total. The molecule has 2 aromatic rings. The predicted octanol–water partition coefficient (Wildman–Crippen LogP) is 4.63. The van der Waals surface area contributed by atoms with E-state index in [-0.39, 0.29) is 11.9 Å². The van der Waals surface area contributed by atoms with Gasteiger partial charge < -0.3 is 5.73 Å². The first-order valence-electron chi connectivity index (χ1n) is 6.02. The fourth-order valence-electron chi connectivity index (χ4n) is 1.76. The summed E-state index contributed by atoms with van der Waals surface area (Å²) in [6.07, 6.45) is 0.861. The molecule has 0 saturated heterocycles. The minimum absolute atomic E-state index is 0.155. The van der Waals surface area contributed by atoms with E-state index in [2.05, 4.69) is 34.1 Å². The molecule has 100 valence electrons. The molecule has 0 aliphatic rings. The van der Waals surface area contributed by atoms with Gasteiger partial charge in [-0.2, -0.15) is 0 Å². The average molecular weight is 340 g/mol. The van der Waals surface area contributed by atoms with Gasteiger partial charge in [-0.3, -0.25) is 0 Å². The van der Waals surface area contributed by atoms with E-state index in [1.54, 1.807) is 23.9 Å². The Morgan fingerprint density at radius 3 is 2.47 bits per heavy atom. The molecule has 0 saturated carbocycles. The second kappa shape index (κ2) is 6.55. The Labute approximate surface area is 125 Å². The molecule has 0 amide bonds. The van der Waals surface area contributed by atoms with Crippen LogP contribution >= 0.6 is 27.7 Å². The van der Waals surface area contributed by atoms with E-state index in [4.69, 9.17) is 5.73 Å². The molecule has 4 heteroatoms. The summed E-state index contributed by atoms with van der Waals surface area (Å²) in [7, 11) is 0. The minimum Gasteiger partial charge on any atom is -0.328 e. The monoisotopic (exact) mass is 339 g/mol. The summed E-state index contributed by atoms with van der Waals surface area (Å²) in [4.78, 5) is 2.13. The van der Waals surface area contributed by atoms with Gasteiger partial charge in [0.1, 0.15) is 5.82 Å². The van der Waals surface area contributed by atoms with E-state index in [1.165, 1.54) is 17.7 Å². The van der Waals surface area contributed by atoms with Crippen molar-refractivity contribution in [3.63, 3.8) is 0 Å². The van der Waals surface area contributed by atoms with Crippen LogP contribution in [0, 0.1) is 5.82 Å². The van der Waals surface area contributed by atoms with Crippen molar-refractivity contribution in [3.8, 4) is 0 Å². The van der Waals surface area contributed by atoms with E-state index in [9.17, 15) is 4.39 Å². The SMILES string of the molecule is CC(N)Cc1ccc(Sc2ccc(F)cc2)c(Br)c1. The highest BCUT2D eigenvalue weighted by Crippen LogP contribution is 2.34. The van der Waals surface area contributed by atoms with Crippen LogP contribution in [0.5, 0.6) is 0 Å². The summed E-state index contributed by atoms with van der Waals surface area (Å²) in [6.45, 7) is 2.00. The van der Waals surface area contributed by atoms with E-state index in [0.717, 1.165) is 20.7 Å². The van der Waals surface area contributed by atoms with Gasteiger partial charge >= 0.3 is 0 Å². The Bertz CT molecular complexity index is 555. The Morgan fingerprint density at radius 2 is 1.89 bits per heavy atom. The topological polar surface area (TPSA) is 26.0 Å². The summed E-state index contributed by atoms with van der Waals surface area (Å²) in [5, 5.41) is 0. The lowest BCUT2D eigenvalue weighted by Crippen LogP contribution is -2.17. The fraction of sp³-hybridized carbons (Fsp3) is 0.200. The molecule has 19 heavy (non-hydrogen) atoms. The maximum absolute atomic E-state index is 12.8. The van der Waals surface area contributed by atoms with E-state index in [0.29, 0.717) is 0 Å². The lowest BCUT2D eigenvalue weighted by Gasteiger charge is -2.09. The molecule has 1 unspecified atom stereocenters. The first-order chi connectivity index (χ1) is 9.04. The van der Waals surface area contributed by atoms with Gasteiger partial charge in [0.15, 0.2) is 0 Å². The van der Waals surface area contributed by atoms with Gasteiger partial charge in [-0.05, 0) is 71.2 Å². The zero-order valence-corrected chi connectivity index (χ0v) is 13.0. The molecule has 0 spiro atoms. The van der Waals surface area contributed by atoms with E-state index in [1.807, 2.05) is 6.92 Å². The maximum atomic E-state index is 12.8. The van der Waals surface area contributed by atoms with Crippen molar-refractivity contribution in [3.05, 3.63) is 58.3 Å². The molecular formula is C15H15BrFNS. The van der Waals surface area contributed by atoms with Crippen molar-refractivity contribution >= 4 is 27.7 Å². The highest BCUT2D eigenvalue weighted by atomic mass is 79.9. The number of benzene rings is 2. The van der Waals surface area contributed by atoms with Crippen LogP contribution in [0.25, 0.3) is 0 Å². The van der Waals surface area contributed by atoms with Crippen molar-refractivity contribution in [1.29, 1.82) is 0 Å². The summed E-state index contributed by atoms with van der Waals surface area (Å²) < 4.78 is 13.9. The summed E-state index contributed by atoms with van der Waals surface area (Å²) in [5.41, 5.74) is 7.01. The molecule has 0 aromatic heterocycles. The first-order valence-corrected chi connectivity index (χ1v) is 7.63. The summed E-state index contributed by atoms with van der Waals surface area (Å²) in [6, 6.07) is 12.9.